The third-order valence-electron chi connectivity index (χ3n) is 4.92. The van der Waals surface area contributed by atoms with Gasteiger partial charge in [0.15, 0.2) is 0 Å². The highest BCUT2D eigenvalue weighted by molar-refractivity contribution is 7.16. The summed E-state index contributed by atoms with van der Waals surface area (Å²) in [5, 5.41) is 2.85. The van der Waals surface area contributed by atoms with E-state index in [9.17, 15) is 22.8 Å². The molecule has 0 bridgehead atoms. The van der Waals surface area contributed by atoms with Gasteiger partial charge in [-0.1, -0.05) is 0 Å². The van der Waals surface area contributed by atoms with Crippen LogP contribution in [0.1, 0.15) is 38.7 Å². The lowest BCUT2D eigenvalue weighted by molar-refractivity contribution is -0.134. The molecule has 3 aromatic heterocycles. The van der Waals surface area contributed by atoms with Crippen LogP contribution in [-0.4, -0.2) is 35.0 Å². The van der Waals surface area contributed by atoms with Gasteiger partial charge in [0.25, 0.3) is 11.8 Å². The molecule has 1 atom stereocenters. The first-order valence-corrected chi connectivity index (χ1v) is 10.0. The number of amides is 2. The normalized spacial score (nSPS) is 16.2. The summed E-state index contributed by atoms with van der Waals surface area (Å²) in [7, 11) is 1.45. The number of alkyl halides is 3. The van der Waals surface area contributed by atoms with Crippen LogP contribution in [0.4, 0.5) is 23.9 Å². The molecule has 4 heterocycles. The number of carbonyl (C=O) groups is 2. The van der Waals surface area contributed by atoms with Gasteiger partial charge in [-0.05, 0) is 25.1 Å². The van der Waals surface area contributed by atoms with Crippen molar-refractivity contribution in [2.24, 2.45) is 0 Å². The Morgan fingerprint density at radius 3 is 2.74 bits per heavy atom. The quantitative estimate of drug-likeness (QED) is 0.638. The molecule has 0 fully saturated rings. The fraction of sp³-hybridized carbons (Fsp3) is 0.250. The first kappa shape index (κ1) is 20.9. The smallest absolute Gasteiger partial charge is 0.425 e. The predicted octanol–water partition coefficient (Wildman–Crippen LogP) is 4.45. The van der Waals surface area contributed by atoms with E-state index in [0.717, 1.165) is 6.07 Å². The van der Waals surface area contributed by atoms with Crippen LogP contribution in [0.5, 0.6) is 5.75 Å². The minimum Gasteiger partial charge on any atom is -0.494 e. The zero-order valence-corrected chi connectivity index (χ0v) is 17.3. The lowest BCUT2D eigenvalue weighted by Gasteiger charge is -2.32. The number of hydrogen-bond donors (Lipinski definition) is 1. The summed E-state index contributed by atoms with van der Waals surface area (Å²) in [6.07, 6.45) is 0.0654. The molecule has 0 spiro atoms. The van der Waals surface area contributed by atoms with Crippen molar-refractivity contribution in [3.05, 3.63) is 59.0 Å². The fourth-order valence-corrected chi connectivity index (χ4v) is 4.33. The van der Waals surface area contributed by atoms with Crippen LogP contribution >= 0.6 is 11.3 Å². The number of pyridine rings is 1. The van der Waals surface area contributed by atoms with Crippen molar-refractivity contribution in [1.29, 1.82) is 0 Å². The van der Waals surface area contributed by atoms with Gasteiger partial charge >= 0.3 is 6.18 Å². The van der Waals surface area contributed by atoms with Crippen molar-refractivity contribution >= 4 is 33.8 Å². The van der Waals surface area contributed by atoms with Gasteiger partial charge in [-0.2, -0.15) is 13.2 Å². The zero-order chi connectivity index (χ0) is 22.3. The molecule has 1 N–H and O–H groups in total. The van der Waals surface area contributed by atoms with E-state index in [1.165, 1.54) is 36.5 Å². The molecule has 0 radical (unpaired) electrons. The lowest BCUT2D eigenvalue weighted by atomic mass is 10.1. The van der Waals surface area contributed by atoms with Gasteiger partial charge in [0.05, 0.1) is 23.9 Å². The van der Waals surface area contributed by atoms with Crippen molar-refractivity contribution in [3.8, 4) is 5.75 Å². The number of aromatic nitrogens is 2. The average molecular weight is 450 g/mol. The molecule has 11 heteroatoms. The Kier molecular flexibility index (Phi) is 5.21. The molecule has 3 aromatic rings. The standard InChI is InChI=1S/C20H17F3N4O3S/c1-11-10-27(16-4-3-15(31-16)20(21,22)23)19(29)17-12(6-8-26(11)17)18(28)25-13-9-24-7-5-14(13)30-2/h3-9,11H,10H2,1-2H3,(H,25,28)/t11-/m0/s1. The molecule has 0 saturated carbocycles. The molecule has 2 amide bonds. The summed E-state index contributed by atoms with van der Waals surface area (Å²) in [6, 6.07) is 5.08. The Morgan fingerprint density at radius 1 is 1.29 bits per heavy atom. The molecule has 0 unspecified atom stereocenters. The Labute approximate surface area is 179 Å². The summed E-state index contributed by atoms with van der Waals surface area (Å²) < 4.78 is 45.9. The van der Waals surface area contributed by atoms with Gasteiger partial charge in [-0.25, -0.2) is 0 Å². The molecular weight excluding hydrogens is 433 g/mol. The first-order valence-electron chi connectivity index (χ1n) is 9.19. The van der Waals surface area contributed by atoms with Crippen molar-refractivity contribution in [3.63, 3.8) is 0 Å². The van der Waals surface area contributed by atoms with Crippen LogP contribution in [0.3, 0.4) is 0 Å². The summed E-state index contributed by atoms with van der Waals surface area (Å²) in [6.45, 7) is 2.02. The van der Waals surface area contributed by atoms with Gasteiger partial charge in [0.2, 0.25) is 0 Å². The SMILES string of the molecule is COc1ccncc1NC(=O)c1ccn2c1C(=O)N(c1ccc(C(F)(F)F)s1)C[C@@H]2C. The van der Waals surface area contributed by atoms with Gasteiger partial charge in [0, 0.05) is 31.0 Å². The number of hydrogen-bond acceptors (Lipinski definition) is 5. The minimum atomic E-state index is -4.48. The molecule has 4 rings (SSSR count). The number of fused-ring (bicyclic) bond motifs is 1. The maximum Gasteiger partial charge on any atom is 0.425 e. The van der Waals surface area contributed by atoms with Crippen molar-refractivity contribution in [2.75, 3.05) is 23.9 Å². The maximum atomic E-state index is 13.2. The minimum absolute atomic E-state index is 0.111. The lowest BCUT2D eigenvalue weighted by Crippen LogP contribution is -2.42. The second-order valence-electron chi connectivity index (χ2n) is 6.92. The molecule has 162 valence electrons. The highest BCUT2D eigenvalue weighted by Crippen LogP contribution is 2.40. The molecule has 7 nitrogen and oxygen atoms in total. The van der Waals surface area contributed by atoms with Crippen molar-refractivity contribution in [1.82, 2.24) is 9.55 Å². The van der Waals surface area contributed by atoms with E-state index in [0.29, 0.717) is 22.8 Å². The summed E-state index contributed by atoms with van der Waals surface area (Å²) >= 11 is 0.497. The second kappa shape index (κ2) is 7.73. The van der Waals surface area contributed by atoms with Crippen LogP contribution in [0, 0.1) is 0 Å². The van der Waals surface area contributed by atoms with Gasteiger partial charge in [-0.15, -0.1) is 11.3 Å². The molecule has 1 aliphatic rings. The highest BCUT2D eigenvalue weighted by Gasteiger charge is 2.37. The Hall–Kier alpha value is -3.34. The number of nitrogens with zero attached hydrogens (tertiary/aromatic N) is 3. The summed E-state index contributed by atoms with van der Waals surface area (Å²) in [5.74, 6) is -0.692. The van der Waals surface area contributed by atoms with Crippen LogP contribution in [0.15, 0.2) is 42.9 Å². The van der Waals surface area contributed by atoms with Gasteiger partial charge in [-0.3, -0.25) is 19.5 Å². The van der Waals surface area contributed by atoms with Crippen LogP contribution < -0.4 is 15.0 Å². The Bertz CT molecular complexity index is 1150. The maximum absolute atomic E-state index is 13.2. The number of carbonyl (C=O) groups excluding carboxylic acids is 2. The molecule has 31 heavy (non-hydrogen) atoms. The van der Waals surface area contributed by atoms with Crippen LogP contribution in [0.2, 0.25) is 0 Å². The number of halogens is 3. The van der Waals surface area contributed by atoms with E-state index in [2.05, 4.69) is 10.3 Å². The topological polar surface area (TPSA) is 76.5 Å². The van der Waals surface area contributed by atoms with E-state index in [4.69, 9.17) is 4.74 Å². The molecular formula is C20H17F3N4O3S. The molecule has 0 aromatic carbocycles. The fourth-order valence-electron chi connectivity index (χ4n) is 3.44. The summed E-state index contributed by atoms with van der Waals surface area (Å²) in [4.78, 5) is 30.6. The van der Waals surface area contributed by atoms with Crippen molar-refractivity contribution < 1.29 is 27.5 Å². The third-order valence-corrected chi connectivity index (χ3v) is 6.07. The Morgan fingerprint density at radius 2 is 2.06 bits per heavy atom. The number of ether oxygens (including phenoxy) is 1. The van der Waals surface area contributed by atoms with E-state index < -0.39 is 22.9 Å². The predicted molar refractivity (Wildman–Crippen MR) is 109 cm³/mol. The molecule has 1 aliphatic heterocycles. The number of anilines is 2. The third kappa shape index (κ3) is 3.76. The van der Waals surface area contributed by atoms with Gasteiger partial charge < -0.3 is 14.6 Å². The number of methoxy groups -OCH3 is 1. The first-order chi connectivity index (χ1) is 14.7. The van der Waals surface area contributed by atoms with Crippen molar-refractivity contribution in [2.45, 2.75) is 19.1 Å². The van der Waals surface area contributed by atoms with E-state index in [1.54, 1.807) is 16.8 Å². The van der Waals surface area contributed by atoms with E-state index >= 15 is 0 Å². The number of nitrogens with one attached hydrogen (secondary N) is 1. The van der Waals surface area contributed by atoms with Crippen LogP contribution in [-0.2, 0) is 6.18 Å². The zero-order valence-electron chi connectivity index (χ0n) is 16.4. The van der Waals surface area contributed by atoms with E-state index in [-0.39, 0.29) is 28.8 Å². The highest BCUT2D eigenvalue weighted by atomic mass is 32.1. The second-order valence-corrected chi connectivity index (χ2v) is 7.98. The average Bonchev–Trinajstić information content (AvgIpc) is 3.39. The van der Waals surface area contributed by atoms with Crippen LogP contribution in [0.25, 0.3) is 0 Å². The number of rotatable bonds is 4. The van der Waals surface area contributed by atoms with Gasteiger partial charge in [0.1, 0.15) is 22.0 Å². The summed E-state index contributed by atoms with van der Waals surface area (Å²) in [5.41, 5.74) is 0.553. The number of thiophene rings is 1. The monoisotopic (exact) mass is 450 g/mol. The Balaban J connectivity index is 1.66. The van der Waals surface area contributed by atoms with E-state index in [1.807, 2.05) is 6.92 Å². The molecule has 0 saturated heterocycles. The molecule has 0 aliphatic carbocycles. The largest absolute Gasteiger partial charge is 0.494 e.